The number of anilines is 1. The molecule has 0 bridgehead atoms. The maximum atomic E-state index is 13.4. The monoisotopic (exact) mass is 584 g/mol. The van der Waals surface area contributed by atoms with Gasteiger partial charge in [0.25, 0.3) is 11.8 Å². The molecule has 39 heavy (non-hydrogen) atoms. The van der Waals surface area contributed by atoms with Gasteiger partial charge in [-0.3, -0.25) is 14.9 Å². The Bertz CT molecular complexity index is 1630. The van der Waals surface area contributed by atoms with Gasteiger partial charge in [-0.15, -0.1) is 0 Å². The highest BCUT2D eigenvalue weighted by Gasteiger charge is 2.37. The molecule has 8 heteroatoms. The summed E-state index contributed by atoms with van der Waals surface area (Å²) in [5.74, 6) is -0.412. The minimum absolute atomic E-state index is 0.187. The number of imide groups is 2. The fraction of sp³-hybridized carbons (Fsp3) is 0.129. The van der Waals surface area contributed by atoms with Crippen molar-refractivity contribution in [1.82, 2.24) is 5.32 Å². The second-order valence-corrected chi connectivity index (χ2v) is 9.85. The van der Waals surface area contributed by atoms with Crippen LogP contribution < -0.4 is 19.7 Å². The number of ether oxygens (including phenoxy) is 2. The third kappa shape index (κ3) is 5.42. The summed E-state index contributed by atoms with van der Waals surface area (Å²) in [4.78, 5) is 39.8. The van der Waals surface area contributed by atoms with Crippen molar-refractivity contribution in [2.45, 2.75) is 20.5 Å². The minimum Gasteiger partial charge on any atom is -0.494 e. The summed E-state index contributed by atoms with van der Waals surface area (Å²) in [6.07, 6.45) is 1.45. The van der Waals surface area contributed by atoms with E-state index in [-0.39, 0.29) is 5.57 Å². The number of hydrogen-bond donors (Lipinski definition) is 1. The first kappa shape index (κ1) is 26.2. The van der Waals surface area contributed by atoms with Crippen LogP contribution in [0.1, 0.15) is 23.6 Å². The smallest absolute Gasteiger partial charge is 0.335 e. The van der Waals surface area contributed by atoms with Gasteiger partial charge in [-0.1, -0.05) is 52.3 Å². The van der Waals surface area contributed by atoms with Crippen LogP contribution in [0.3, 0.4) is 0 Å². The summed E-state index contributed by atoms with van der Waals surface area (Å²) in [6.45, 7) is 4.68. The van der Waals surface area contributed by atoms with Gasteiger partial charge in [-0.05, 0) is 78.7 Å². The molecule has 1 aliphatic rings. The van der Waals surface area contributed by atoms with Crippen LogP contribution in [0, 0.1) is 6.92 Å². The maximum absolute atomic E-state index is 13.4. The quantitative estimate of drug-likeness (QED) is 0.196. The highest BCUT2D eigenvalue weighted by atomic mass is 79.9. The summed E-state index contributed by atoms with van der Waals surface area (Å²) in [6, 6.07) is 23.3. The number of aryl methyl sites for hydroxylation is 1. The molecule has 0 spiro atoms. The van der Waals surface area contributed by atoms with Crippen molar-refractivity contribution in [2.24, 2.45) is 0 Å². The molecule has 5 rings (SSSR count). The van der Waals surface area contributed by atoms with Gasteiger partial charge in [-0.25, -0.2) is 9.69 Å². The predicted octanol–water partition coefficient (Wildman–Crippen LogP) is 6.55. The van der Waals surface area contributed by atoms with Gasteiger partial charge in [0.1, 0.15) is 23.7 Å². The number of carbonyl (C=O) groups excluding carboxylic acids is 3. The van der Waals surface area contributed by atoms with Crippen LogP contribution in [0.5, 0.6) is 11.5 Å². The molecule has 1 N–H and O–H groups in total. The van der Waals surface area contributed by atoms with Crippen LogP contribution in [0.4, 0.5) is 10.5 Å². The Morgan fingerprint density at radius 3 is 2.46 bits per heavy atom. The fourth-order valence-electron chi connectivity index (χ4n) is 4.46. The van der Waals surface area contributed by atoms with Crippen molar-refractivity contribution in [3.63, 3.8) is 0 Å². The lowest BCUT2D eigenvalue weighted by atomic mass is 10.0. The van der Waals surface area contributed by atoms with Gasteiger partial charge in [0.15, 0.2) is 0 Å². The van der Waals surface area contributed by atoms with Gasteiger partial charge < -0.3 is 9.47 Å². The molecule has 0 atom stereocenters. The molecule has 4 amide bonds. The molecule has 0 aliphatic carbocycles. The number of hydrogen-bond acceptors (Lipinski definition) is 5. The molecule has 1 fully saturated rings. The molecule has 1 heterocycles. The van der Waals surface area contributed by atoms with E-state index in [0.29, 0.717) is 36.0 Å². The summed E-state index contributed by atoms with van der Waals surface area (Å²) < 4.78 is 12.4. The molecule has 7 nitrogen and oxygen atoms in total. The number of halogens is 1. The standard InChI is InChI=1S/C31H25BrN2O5/c1-3-38-24-13-11-23(12-14-24)34-30(36)26(29(35)33-31(34)37)17-21-16-22(32)10-15-28(21)39-18-27-19(2)8-9-20-6-4-5-7-25(20)27/h4-17H,3,18H2,1-2H3,(H,33,35,37)/b26-17+. The van der Waals surface area contributed by atoms with Crippen molar-refractivity contribution in [1.29, 1.82) is 0 Å². The first-order valence-corrected chi connectivity index (χ1v) is 13.2. The largest absolute Gasteiger partial charge is 0.494 e. The Kier molecular flexibility index (Phi) is 7.47. The van der Waals surface area contributed by atoms with Crippen molar-refractivity contribution < 1.29 is 23.9 Å². The van der Waals surface area contributed by atoms with Crippen LogP contribution in [-0.4, -0.2) is 24.5 Å². The first-order chi connectivity index (χ1) is 18.9. The van der Waals surface area contributed by atoms with E-state index in [1.165, 1.54) is 6.08 Å². The van der Waals surface area contributed by atoms with Gasteiger partial charge in [0, 0.05) is 15.6 Å². The second-order valence-electron chi connectivity index (χ2n) is 8.94. The number of carbonyl (C=O) groups is 3. The summed E-state index contributed by atoms with van der Waals surface area (Å²) in [5.41, 5.74) is 2.79. The van der Waals surface area contributed by atoms with E-state index in [1.54, 1.807) is 36.4 Å². The van der Waals surface area contributed by atoms with Crippen LogP contribution in [0.25, 0.3) is 16.8 Å². The van der Waals surface area contributed by atoms with Gasteiger partial charge in [0.05, 0.1) is 12.3 Å². The number of barbiturate groups is 1. The van der Waals surface area contributed by atoms with E-state index < -0.39 is 17.8 Å². The second kappa shape index (κ2) is 11.1. The third-order valence-corrected chi connectivity index (χ3v) is 6.92. The number of nitrogens with one attached hydrogen (secondary N) is 1. The third-order valence-electron chi connectivity index (χ3n) is 6.43. The number of urea groups is 1. The van der Waals surface area contributed by atoms with E-state index in [0.717, 1.165) is 31.3 Å². The van der Waals surface area contributed by atoms with E-state index in [9.17, 15) is 14.4 Å². The SMILES string of the molecule is CCOc1ccc(N2C(=O)NC(=O)/C(=C\c3cc(Br)ccc3OCc3c(C)ccc4ccccc34)C2=O)cc1. The molecule has 1 aliphatic heterocycles. The van der Waals surface area contributed by atoms with Crippen LogP contribution >= 0.6 is 15.9 Å². The van der Waals surface area contributed by atoms with Crippen molar-refractivity contribution in [2.75, 3.05) is 11.5 Å². The maximum Gasteiger partial charge on any atom is 0.335 e. The number of rotatable bonds is 7. The van der Waals surface area contributed by atoms with Crippen LogP contribution in [-0.2, 0) is 16.2 Å². The van der Waals surface area contributed by atoms with Crippen LogP contribution in [0.2, 0.25) is 0 Å². The van der Waals surface area contributed by atoms with E-state index in [2.05, 4.69) is 45.5 Å². The minimum atomic E-state index is -0.816. The molecule has 0 unspecified atom stereocenters. The Labute approximate surface area is 234 Å². The summed E-state index contributed by atoms with van der Waals surface area (Å²) in [5, 5.41) is 4.48. The molecule has 1 saturated heterocycles. The van der Waals surface area contributed by atoms with Crippen LogP contribution in [0.15, 0.2) is 88.9 Å². The molecule has 0 aromatic heterocycles. The molecule has 0 radical (unpaired) electrons. The van der Waals surface area contributed by atoms with Gasteiger partial charge in [0.2, 0.25) is 0 Å². The fourth-order valence-corrected chi connectivity index (χ4v) is 4.83. The Balaban J connectivity index is 1.47. The van der Waals surface area contributed by atoms with E-state index in [4.69, 9.17) is 9.47 Å². The summed E-state index contributed by atoms with van der Waals surface area (Å²) in [7, 11) is 0. The van der Waals surface area contributed by atoms with Crippen molar-refractivity contribution in [3.05, 3.63) is 106 Å². The van der Waals surface area contributed by atoms with Gasteiger partial charge >= 0.3 is 6.03 Å². The number of nitrogens with zero attached hydrogens (tertiary/aromatic N) is 1. The number of fused-ring (bicyclic) bond motifs is 1. The molecular weight excluding hydrogens is 560 g/mol. The zero-order valence-corrected chi connectivity index (χ0v) is 22.9. The molecule has 4 aromatic rings. The Hall–Kier alpha value is -4.43. The average molecular weight is 585 g/mol. The van der Waals surface area contributed by atoms with E-state index in [1.807, 2.05) is 32.0 Å². The molecule has 0 saturated carbocycles. The van der Waals surface area contributed by atoms with Gasteiger partial charge in [-0.2, -0.15) is 0 Å². The average Bonchev–Trinajstić information content (AvgIpc) is 2.92. The van der Waals surface area contributed by atoms with E-state index >= 15 is 0 Å². The first-order valence-electron chi connectivity index (χ1n) is 12.4. The lowest BCUT2D eigenvalue weighted by molar-refractivity contribution is -0.122. The number of amides is 4. The Morgan fingerprint density at radius 1 is 0.923 bits per heavy atom. The Morgan fingerprint density at radius 2 is 1.69 bits per heavy atom. The highest BCUT2D eigenvalue weighted by molar-refractivity contribution is 9.10. The molecular formula is C31H25BrN2O5. The normalized spacial score (nSPS) is 14.6. The molecule has 4 aromatic carbocycles. The zero-order valence-electron chi connectivity index (χ0n) is 21.4. The topological polar surface area (TPSA) is 84.9 Å². The molecule has 196 valence electrons. The lowest BCUT2D eigenvalue weighted by Crippen LogP contribution is -2.54. The van der Waals surface area contributed by atoms with Crippen molar-refractivity contribution >= 4 is 56.3 Å². The predicted molar refractivity (Wildman–Crippen MR) is 154 cm³/mol. The highest BCUT2D eigenvalue weighted by Crippen LogP contribution is 2.30. The lowest BCUT2D eigenvalue weighted by Gasteiger charge is -2.26. The van der Waals surface area contributed by atoms with Crippen molar-refractivity contribution in [3.8, 4) is 11.5 Å². The zero-order chi connectivity index (χ0) is 27.5. The summed E-state index contributed by atoms with van der Waals surface area (Å²) >= 11 is 3.46. The number of benzene rings is 4.